The lowest BCUT2D eigenvalue weighted by Gasteiger charge is -2.30. The Morgan fingerprint density at radius 3 is 2.33 bits per heavy atom. The van der Waals surface area contributed by atoms with Crippen LogP contribution >= 0.6 is 11.8 Å². The molecule has 3 N–H and O–H groups in total. The number of nitro groups is 1. The lowest BCUT2D eigenvalue weighted by Crippen LogP contribution is -2.43. The zero-order chi connectivity index (χ0) is 41.4. The number of thioether (sulfide) groups is 1. The minimum Gasteiger partial charge on any atom is -0.496 e. The first kappa shape index (κ1) is 44.5. The van der Waals surface area contributed by atoms with Crippen molar-refractivity contribution in [2.45, 2.75) is 41.0 Å². The number of carbonyl (C=O) groups excluding carboxylic acids is 3. The molecule has 0 fully saturated rings. The fraction of sp³-hybridized carbons (Fsp3) is 0.375. The van der Waals surface area contributed by atoms with Gasteiger partial charge in [-0.25, -0.2) is 13.1 Å². The largest absolute Gasteiger partial charge is 0.496 e. The van der Waals surface area contributed by atoms with Crippen LogP contribution in [0.3, 0.4) is 0 Å². The van der Waals surface area contributed by atoms with Crippen molar-refractivity contribution < 1.29 is 41.9 Å². The molecule has 0 unspecified atom stereocenters. The molecule has 1 aliphatic rings. The highest BCUT2D eigenvalue weighted by molar-refractivity contribution is 7.99. The van der Waals surface area contributed by atoms with E-state index in [9.17, 15) is 32.9 Å². The van der Waals surface area contributed by atoms with Crippen molar-refractivity contribution in [3.8, 4) is 5.75 Å². The highest BCUT2D eigenvalue weighted by atomic mass is 32.2. The number of allylic oxidation sites excluding steroid dienone is 2. The van der Waals surface area contributed by atoms with E-state index in [-0.39, 0.29) is 55.8 Å². The lowest BCUT2D eigenvalue weighted by molar-refractivity contribution is -0.384. The average Bonchev–Trinajstić information content (AvgIpc) is 3.20. The highest BCUT2D eigenvalue weighted by Gasteiger charge is 2.39. The molecule has 1 atom stereocenters. The predicted molar refractivity (Wildman–Crippen MR) is 218 cm³/mol. The topological polar surface area (TPSA) is 196 Å². The van der Waals surface area contributed by atoms with Gasteiger partial charge in [-0.05, 0) is 36.8 Å². The lowest BCUT2D eigenvalue weighted by atomic mass is 9.76. The number of para-hydroxylation sites is 1. The van der Waals surface area contributed by atoms with Crippen LogP contribution in [0.25, 0.3) is 0 Å². The number of nitro benzene ring substituents is 1. The van der Waals surface area contributed by atoms with E-state index in [0.717, 1.165) is 22.6 Å². The maximum atomic E-state index is 14.1. The molecule has 57 heavy (non-hydrogen) atoms. The number of nitrogens with zero attached hydrogens (tertiary/aromatic N) is 2. The van der Waals surface area contributed by atoms with Gasteiger partial charge in [0.2, 0.25) is 17.7 Å². The van der Waals surface area contributed by atoms with Crippen molar-refractivity contribution in [3.63, 3.8) is 0 Å². The summed E-state index contributed by atoms with van der Waals surface area (Å²) >= 11 is 1.46. The minimum absolute atomic E-state index is 0.00241. The van der Waals surface area contributed by atoms with Crippen LogP contribution in [0.15, 0.2) is 107 Å². The zero-order valence-corrected chi connectivity index (χ0v) is 34.0. The Kier molecular flexibility index (Phi) is 16.7. The standard InChI is InChI=1S/C40H49N5O10S2/c1-44(2)38(47)26-30(28-56-31-10-6-5-7-11-31)42-34-15-14-32(27-35(34)45(49)50)57(51,52)43-39(48)40(21-18-37(46)41-22-23-55-25-24-53-3)19-16-29(17-20-40)33-12-8-9-13-36(33)54-4/h5-17,19-20,27,29-30,42H,18,21-26,28H2,1-4H3,(H,41,46)(H,43,48)/t29?,30-,40?/m1/s1. The second-order valence-electron chi connectivity index (χ2n) is 13.3. The van der Waals surface area contributed by atoms with Crippen LogP contribution in [0.2, 0.25) is 0 Å². The molecule has 0 radical (unpaired) electrons. The van der Waals surface area contributed by atoms with Crippen LogP contribution in [0, 0.1) is 15.5 Å². The smallest absolute Gasteiger partial charge is 0.293 e. The van der Waals surface area contributed by atoms with Gasteiger partial charge in [0.15, 0.2) is 0 Å². The third kappa shape index (κ3) is 12.9. The Hall–Kier alpha value is -5.23. The SMILES string of the molecule is COCCOCCNC(=O)CCC1(C(=O)NS(=O)(=O)c2ccc(N[C@@H](CSc3ccccc3)CC(=O)N(C)C)c([N+](=O)[O-])c2)C=CC(c2ccccc2OC)C=C1. The number of hydrogen-bond acceptors (Lipinski definition) is 12. The Bertz CT molecular complexity index is 2010. The van der Waals surface area contributed by atoms with Gasteiger partial charge in [0.1, 0.15) is 11.4 Å². The molecule has 3 amide bonds. The van der Waals surface area contributed by atoms with Crippen LogP contribution in [-0.4, -0.2) is 102 Å². The summed E-state index contributed by atoms with van der Waals surface area (Å²) in [5, 5.41) is 18.1. The third-order valence-electron chi connectivity index (χ3n) is 9.07. The van der Waals surface area contributed by atoms with E-state index >= 15 is 0 Å². The Labute approximate surface area is 337 Å². The number of hydrogen-bond donors (Lipinski definition) is 3. The van der Waals surface area contributed by atoms with Crippen molar-refractivity contribution in [2.24, 2.45) is 5.41 Å². The van der Waals surface area contributed by atoms with Gasteiger partial charge in [0.05, 0.1) is 42.2 Å². The molecule has 306 valence electrons. The van der Waals surface area contributed by atoms with Crippen molar-refractivity contribution >= 4 is 50.9 Å². The summed E-state index contributed by atoms with van der Waals surface area (Å²) in [5.74, 6) is -0.854. The van der Waals surface area contributed by atoms with Gasteiger partial charge in [-0.15, -0.1) is 11.8 Å². The van der Waals surface area contributed by atoms with Gasteiger partial charge in [0.25, 0.3) is 15.7 Å². The molecule has 0 bridgehead atoms. The highest BCUT2D eigenvalue weighted by Crippen LogP contribution is 2.39. The van der Waals surface area contributed by atoms with Gasteiger partial charge in [-0.2, -0.15) is 0 Å². The fourth-order valence-corrected chi connectivity index (χ4v) is 7.88. The molecule has 3 aromatic rings. The minimum atomic E-state index is -4.68. The number of anilines is 1. The molecule has 0 aromatic heterocycles. The van der Waals surface area contributed by atoms with Crippen molar-refractivity contribution in [3.05, 3.63) is 113 Å². The van der Waals surface area contributed by atoms with E-state index in [1.54, 1.807) is 58.7 Å². The number of methoxy groups -OCH3 is 2. The molecular weight excluding hydrogens is 775 g/mol. The summed E-state index contributed by atoms with van der Waals surface area (Å²) in [7, 11) is 1.64. The van der Waals surface area contributed by atoms with Crippen LogP contribution < -0.4 is 20.1 Å². The number of sulfonamides is 1. The van der Waals surface area contributed by atoms with Gasteiger partial charge in [-0.3, -0.25) is 24.5 Å². The zero-order valence-electron chi connectivity index (χ0n) is 32.3. The monoisotopic (exact) mass is 823 g/mol. The third-order valence-corrected chi connectivity index (χ3v) is 11.6. The summed E-state index contributed by atoms with van der Waals surface area (Å²) in [5.41, 5.74) is -1.32. The fourth-order valence-electron chi connectivity index (χ4n) is 5.87. The van der Waals surface area contributed by atoms with Gasteiger partial charge in [0, 0.05) is 74.8 Å². The predicted octanol–water partition coefficient (Wildman–Crippen LogP) is 4.92. The maximum Gasteiger partial charge on any atom is 0.293 e. The van der Waals surface area contributed by atoms with E-state index in [2.05, 4.69) is 15.4 Å². The summed E-state index contributed by atoms with van der Waals surface area (Å²) in [4.78, 5) is 53.0. The summed E-state index contributed by atoms with van der Waals surface area (Å²) in [6.45, 7) is 1.24. The van der Waals surface area contributed by atoms with E-state index in [4.69, 9.17) is 14.2 Å². The van der Waals surface area contributed by atoms with Crippen LogP contribution in [0.5, 0.6) is 5.75 Å². The number of carbonyl (C=O) groups is 3. The molecule has 4 rings (SSSR count). The number of benzene rings is 3. The van der Waals surface area contributed by atoms with E-state index in [0.29, 0.717) is 24.7 Å². The molecule has 0 spiro atoms. The molecular formula is C40H49N5O10S2. The molecule has 15 nitrogen and oxygen atoms in total. The van der Waals surface area contributed by atoms with Crippen molar-refractivity contribution in [1.82, 2.24) is 14.9 Å². The van der Waals surface area contributed by atoms with E-state index < -0.39 is 42.9 Å². The van der Waals surface area contributed by atoms with Crippen LogP contribution in [0.1, 0.15) is 30.7 Å². The number of ether oxygens (including phenoxy) is 3. The Morgan fingerprint density at radius 1 is 0.965 bits per heavy atom. The van der Waals surface area contributed by atoms with Crippen molar-refractivity contribution in [1.29, 1.82) is 0 Å². The Morgan fingerprint density at radius 2 is 1.67 bits per heavy atom. The Balaban J connectivity index is 1.56. The van der Waals surface area contributed by atoms with E-state index in [1.165, 1.54) is 22.7 Å². The molecule has 3 aromatic carbocycles. The normalized spacial score (nSPS) is 16.7. The number of amides is 3. The second kappa shape index (κ2) is 21.3. The molecule has 0 saturated carbocycles. The van der Waals surface area contributed by atoms with Crippen LogP contribution in [-0.2, 0) is 33.9 Å². The number of nitrogens with one attached hydrogen (secondary N) is 3. The molecule has 0 aliphatic heterocycles. The van der Waals surface area contributed by atoms with Gasteiger partial charge >= 0.3 is 0 Å². The molecule has 0 heterocycles. The molecule has 1 aliphatic carbocycles. The van der Waals surface area contributed by atoms with Gasteiger partial charge < -0.3 is 29.7 Å². The summed E-state index contributed by atoms with van der Waals surface area (Å²) < 4.78 is 45.5. The number of rotatable bonds is 22. The average molecular weight is 824 g/mol. The quantitative estimate of drug-likeness (QED) is 0.0408. The first-order valence-electron chi connectivity index (χ1n) is 18.1. The summed E-state index contributed by atoms with van der Waals surface area (Å²) in [6.07, 6.45) is 6.40. The van der Waals surface area contributed by atoms with Crippen LogP contribution in [0.4, 0.5) is 11.4 Å². The first-order chi connectivity index (χ1) is 27.3. The first-order valence-corrected chi connectivity index (χ1v) is 20.6. The molecule has 17 heteroatoms. The summed E-state index contributed by atoms with van der Waals surface area (Å²) in [6, 6.07) is 19.5. The molecule has 0 saturated heterocycles. The van der Waals surface area contributed by atoms with E-state index in [1.807, 2.05) is 48.5 Å². The second-order valence-corrected chi connectivity index (χ2v) is 16.1. The van der Waals surface area contributed by atoms with Crippen molar-refractivity contribution in [2.75, 3.05) is 65.7 Å². The maximum absolute atomic E-state index is 14.1. The van der Waals surface area contributed by atoms with Gasteiger partial charge in [-0.1, -0.05) is 60.7 Å².